The van der Waals surface area contributed by atoms with Gasteiger partial charge >= 0.3 is 0 Å². The summed E-state index contributed by atoms with van der Waals surface area (Å²) in [4.78, 5) is 23.7. The Morgan fingerprint density at radius 2 is 1.36 bits per heavy atom. The molecule has 2 N–H and O–H groups in total. The topological polar surface area (TPSA) is 76.7 Å². The second-order valence-corrected chi connectivity index (χ2v) is 6.58. The van der Waals surface area contributed by atoms with Crippen LogP contribution in [0.25, 0.3) is 5.70 Å². The van der Waals surface area contributed by atoms with Gasteiger partial charge in [0.25, 0.3) is 0 Å². The molecule has 2 amide bonds. The lowest BCUT2D eigenvalue weighted by Gasteiger charge is -2.29. The summed E-state index contributed by atoms with van der Waals surface area (Å²) >= 11 is 0. The first-order valence-electron chi connectivity index (χ1n) is 8.85. The van der Waals surface area contributed by atoms with Gasteiger partial charge in [0, 0.05) is 19.5 Å². The molecule has 0 heterocycles. The summed E-state index contributed by atoms with van der Waals surface area (Å²) in [5.41, 5.74) is 1.37. The van der Waals surface area contributed by atoms with Gasteiger partial charge < -0.3 is 20.1 Å². The molecular weight excluding hydrogens is 356 g/mol. The molecule has 2 aromatic rings. The van der Waals surface area contributed by atoms with Crippen LogP contribution in [0, 0.1) is 0 Å². The average Bonchev–Trinajstić information content (AvgIpc) is 2.66. The summed E-state index contributed by atoms with van der Waals surface area (Å²) in [5.74, 6) is 1.04. The molecule has 148 valence electrons. The van der Waals surface area contributed by atoms with Gasteiger partial charge in [-0.05, 0) is 60.5 Å². The number of methoxy groups -OCH3 is 2. The minimum atomic E-state index is -0.851. The molecule has 2 rings (SSSR count). The Labute approximate surface area is 165 Å². The Bertz CT molecular complexity index is 857. The van der Waals surface area contributed by atoms with E-state index in [-0.39, 0.29) is 11.8 Å². The highest BCUT2D eigenvalue weighted by Crippen LogP contribution is 2.28. The van der Waals surface area contributed by atoms with Gasteiger partial charge in [-0.3, -0.25) is 9.59 Å². The fraction of sp³-hybridized carbons (Fsp3) is 0.273. The molecule has 0 radical (unpaired) electrons. The van der Waals surface area contributed by atoms with Crippen molar-refractivity contribution in [2.75, 3.05) is 14.2 Å². The van der Waals surface area contributed by atoms with Crippen LogP contribution in [0.15, 0.2) is 54.6 Å². The SMILES string of the molecule is COc1ccc(/C(=C/C(C)(NC(C)=O)c2ccc(OC)cc2)NC(C)=O)cc1. The van der Waals surface area contributed by atoms with Crippen LogP contribution < -0.4 is 20.1 Å². The minimum Gasteiger partial charge on any atom is -0.497 e. The molecule has 0 aliphatic carbocycles. The first kappa shape index (κ1) is 21.0. The fourth-order valence-corrected chi connectivity index (χ4v) is 2.93. The van der Waals surface area contributed by atoms with Crippen LogP contribution in [-0.4, -0.2) is 26.0 Å². The number of hydrogen-bond donors (Lipinski definition) is 2. The maximum Gasteiger partial charge on any atom is 0.221 e. The van der Waals surface area contributed by atoms with E-state index in [0.717, 1.165) is 16.9 Å². The van der Waals surface area contributed by atoms with Crippen LogP contribution in [0.1, 0.15) is 31.9 Å². The third-order valence-corrected chi connectivity index (χ3v) is 4.27. The number of rotatable bonds is 7. The summed E-state index contributed by atoms with van der Waals surface area (Å²) in [6.45, 7) is 4.78. The van der Waals surface area contributed by atoms with Crippen molar-refractivity contribution in [2.45, 2.75) is 26.3 Å². The highest BCUT2D eigenvalue weighted by atomic mass is 16.5. The van der Waals surface area contributed by atoms with Crippen LogP contribution >= 0.6 is 0 Å². The molecule has 1 atom stereocenters. The van der Waals surface area contributed by atoms with E-state index in [2.05, 4.69) is 10.6 Å². The summed E-state index contributed by atoms with van der Waals surface area (Å²) in [5, 5.41) is 5.83. The zero-order valence-electron chi connectivity index (χ0n) is 16.8. The second kappa shape index (κ2) is 9.08. The number of amides is 2. The van der Waals surface area contributed by atoms with Gasteiger partial charge in [0.15, 0.2) is 0 Å². The Morgan fingerprint density at radius 3 is 1.79 bits per heavy atom. The molecule has 28 heavy (non-hydrogen) atoms. The van der Waals surface area contributed by atoms with Gasteiger partial charge in [0.2, 0.25) is 11.8 Å². The van der Waals surface area contributed by atoms with Crippen molar-refractivity contribution < 1.29 is 19.1 Å². The Hall–Kier alpha value is -3.28. The van der Waals surface area contributed by atoms with E-state index in [9.17, 15) is 9.59 Å². The molecule has 0 fully saturated rings. The van der Waals surface area contributed by atoms with E-state index in [4.69, 9.17) is 9.47 Å². The largest absolute Gasteiger partial charge is 0.497 e. The van der Waals surface area contributed by atoms with Crippen LogP contribution in [0.2, 0.25) is 0 Å². The molecule has 1 unspecified atom stereocenters. The summed E-state index contributed by atoms with van der Waals surface area (Å²) < 4.78 is 10.4. The van der Waals surface area contributed by atoms with Crippen molar-refractivity contribution >= 4 is 17.5 Å². The lowest BCUT2D eigenvalue weighted by molar-refractivity contribution is -0.120. The molecular formula is C22H26N2O4. The average molecular weight is 382 g/mol. The molecule has 0 aliphatic heterocycles. The number of carbonyl (C=O) groups is 2. The molecule has 6 nitrogen and oxygen atoms in total. The van der Waals surface area contributed by atoms with Gasteiger partial charge in [-0.25, -0.2) is 0 Å². The standard InChI is InChI=1S/C22H26N2O4/c1-15(25)23-21(17-6-10-19(27-4)11-7-17)14-22(3,24-16(2)26)18-8-12-20(28-5)13-9-18/h6-14H,1-5H3,(H,23,25)(H,24,26)/b21-14-. The van der Waals surface area contributed by atoms with Crippen molar-refractivity contribution in [3.8, 4) is 11.5 Å². The zero-order valence-corrected chi connectivity index (χ0v) is 16.8. The van der Waals surface area contributed by atoms with Crippen molar-refractivity contribution in [1.29, 1.82) is 0 Å². The fourth-order valence-electron chi connectivity index (χ4n) is 2.93. The summed E-state index contributed by atoms with van der Waals surface area (Å²) in [7, 11) is 3.19. The predicted octanol–water partition coefficient (Wildman–Crippen LogP) is 3.23. The van der Waals surface area contributed by atoms with Crippen LogP contribution in [0.3, 0.4) is 0 Å². The molecule has 0 spiro atoms. The van der Waals surface area contributed by atoms with E-state index in [1.165, 1.54) is 13.8 Å². The number of carbonyl (C=O) groups excluding carboxylic acids is 2. The smallest absolute Gasteiger partial charge is 0.221 e. The van der Waals surface area contributed by atoms with Crippen molar-refractivity contribution in [1.82, 2.24) is 10.6 Å². The number of ether oxygens (including phenoxy) is 2. The Balaban J connectivity index is 2.56. The van der Waals surface area contributed by atoms with E-state index in [0.29, 0.717) is 11.4 Å². The zero-order chi connectivity index (χ0) is 20.7. The monoisotopic (exact) mass is 382 g/mol. The molecule has 0 saturated heterocycles. The Morgan fingerprint density at radius 1 is 0.857 bits per heavy atom. The van der Waals surface area contributed by atoms with Gasteiger partial charge in [-0.1, -0.05) is 12.1 Å². The van der Waals surface area contributed by atoms with E-state index < -0.39 is 5.54 Å². The lowest BCUT2D eigenvalue weighted by atomic mass is 9.89. The van der Waals surface area contributed by atoms with Crippen molar-refractivity contribution in [3.05, 3.63) is 65.7 Å². The Kier molecular flexibility index (Phi) is 6.82. The van der Waals surface area contributed by atoms with Crippen LogP contribution in [0.4, 0.5) is 0 Å². The van der Waals surface area contributed by atoms with Crippen LogP contribution in [0.5, 0.6) is 11.5 Å². The first-order valence-corrected chi connectivity index (χ1v) is 8.85. The summed E-state index contributed by atoms with van der Waals surface area (Å²) in [6, 6.07) is 14.7. The van der Waals surface area contributed by atoms with Gasteiger partial charge in [0.05, 0.1) is 19.8 Å². The summed E-state index contributed by atoms with van der Waals surface area (Å²) in [6.07, 6.45) is 1.83. The van der Waals surface area contributed by atoms with E-state index >= 15 is 0 Å². The maximum absolute atomic E-state index is 11.9. The maximum atomic E-state index is 11.9. The number of hydrogen-bond acceptors (Lipinski definition) is 4. The quantitative estimate of drug-likeness (QED) is 0.771. The second-order valence-electron chi connectivity index (χ2n) is 6.58. The number of benzene rings is 2. The molecule has 0 saturated carbocycles. The van der Waals surface area contributed by atoms with E-state index in [1.807, 2.05) is 61.5 Å². The van der Waals surface area contributed by atoms with Gasteiger partial charge in [-0.2, -0.15) is 0 Å². The van der Waals surface area contributed by atoms with Crippen molar-refractivity contribution in [2.24, 2.45) is 0 Å². The first-order chi connectivity index (χ1) is 13.3. The molecule has 0 bridgehead atoms. The molecule has 2 aromatic carbocycles. The number of nitrogens with one attached hydrogen (secondary N) is 2. The van der Waals surface area contributed by atoms with Crippen LogP contribution in [-0.2, 0) is 15.1 Å². The third kappa shape index (κ3) is 5.36. The van der Waals surface area contributed by atoms with Gasteiger partial charge in [0.1, 0.15) is 11.5 Å². The molecule has 6 heteroatoms. The van der Waals surface area contributed by atoms with Crippen molar-refractivity contribution in [3.63, 3.8) is 0 Å². The molecule has 0 aliphatic rings. The highest BCUT2D eigenvalue weighted by Gasteiger charge is 2.26. The molecule has 0 aromatic heterocycles. The lowest BCUT2D eigenvalue weighted by Crippen LogP contribution is -2.41. The normalized spacial score (nSPS) is 13.2. The van der Waals surface area contributed by atoms with E-state index in [1.54, 1.807) is 14.2 Å². The third-order valence-electron chi connectivity index (χ3n) is 4.27. The predicted molar refractivity (Wildman–Crippen MR) is 109 cm³/mol. The van der Waals surface area contributed by atoms with Gasteiger partial charge in [-0.15, -0.1) is 0 Å². The minimum absolute atomic E-state index is 0.188. The highest BCUT2D eigenvalue weighted by molar-refractivity contribution is 5.86.